The largest absolute Gasteiger partial charge is 0.493 e. The molecule has 196 valence electrons. The van der Waals surface area contributed by atoms with Crippen LogP contribution in [0.25, 0.3) is 0 Å². The number of halogens is 3. The maximum absolute atomic E-state index is 13.3. The van der Waals surface area contributed by atoms with Crippen LogP contribution < -0.4 is 19.1 Å². The van der Waals surface area contributed by atoms with Crippen molar-refractivity contribution >= 4 is 11.6 Å². The Kier molecular flexibility index (Phi) is 8.11. The molecule has 1 aliphatic rings. The van der Waals surface area contributed by atoms with E-state index in [1.165, 1.54) is 6.07 Å². The second-order valence-corrected chi connectivity index (χ2v) is 8.52. The molecule has 9 heteroatoms. The third-order valence-corrected chi connectivity index (χ3v) is 6.17. The summed E-state index contributed by atoms with van der Waals surface area (Å²) in [5, 5.41) is 0. The lowest BCUT2D eigenvalue weighted by Gasteiger charge is -2.36. The minimum absolute atomic E-state index is 0.148. The third kappa shape index (κ3) is 6.28. The molecular formula is C28H29F3N2O4. The van der Waals surface area contributed by atoms with Crippen molar-refractivity contribution in [3.63, 3.8) is 0 Å². The number of methoxy groups -OCH3 is 1. The normalized spacial score (nSPS) is 13.9. The molecule has 37 heavy (non-hydrogen) atoms. The summed E-state index contributed by atoms with van der Waals surface area (Å²) in [5.41, 5.74) is 1.04. The Morgan fingerprint density at radius 2 is 1.59 bits per heavy atom. The Morgan fingerprint density at radius 3 is 2.27 bits per heavy atom. The molecule has 1 amide bonds. The quantitative estimate of drug-likeness (QED) is 0.389. The smallest absolute Gasteiger partial charge is 0.416 e. The van der Waals surface area contributed by atoms with E-state index in [0.29, 0.717) is 61.3 Å². The molecule has 0 N–H and O–H groups in total. The minimum Gasteiger partial charge on any atom is -0.493 e. The van der Waals surface area contributed by atoms with Gasteiger partial charge in [0.15, 0.2) is 11.5 Å². The van der Waals surface area contributed by atoms with Crippen LogP contribution in [0, 0.1) is 0 Å². The maximum atomic E-state index is 13.3. The Morgan fingerprint density at radius 1 is 0.865 bits per heavy atom. The lowest BCUT2D eigenvalue weighted by Crippen LogP contribution is -2.48. The molecule has 0 saturated carbocycles. The highest BCUT2D eigenvalue weighted by Gasteiger charge is 2.31. The van der Waals surface area contributed by atoms with Gasteiger partial charge in [0.25, 0.3) is 5.91 Å². The second kappa shape index (κ2) is 11.5. The lowest BCUT2D eigenvalue weighted by molar-refractivity contribution is -0.137. The van der Waals surface area contributed by atoms with Gasteiger partial charge in [0.05, 0.1) is 19.3 Å². The van der Waals surface area contributed by atoms with Crippen LogP contribution in [-0.2, 0) is 12.8 Å². The molecule has 3 aromatic rings. The first-order chi connectivity index (χ1) is 17.8. The highest BCUT2D eigenvalue weighted by molar-refractivity contribution is 5.94. The number of ether oxygens (including phenoxy) is 3. The standard InChI is InChI=1S/C28H29F3N2O4/c1-3-36-24-12-11-20(17-21(24)19-37-26-10-5-4-9-25(26)35-2)27(34)33-15-13-32(14-16-33)23-8-6-7-22(18-23)28(29,30)31/h4-12,17-18H,3,13-16,19H2,1-2H3. The lowest BCUT2D eigenvalue weighted by atomic mass is 10.1. The minimum atomic E-state index is -4.39. The van der Waals surface area contributed by atoms with Gasteiger partial charge in [0.2, 0.25) is 0 Å². The van der Waals surface area contributed by atoms with Crippen LogP contribution in [0.1, 0.15) is 28.4 Å². The summed E-state index contributed by atoms with van der Waals surface area (Å²) in [5.74, 6) is 1.66. The van der Waals surface area contributed by atoms with Crippen molar-refractivity contribution in [2.75, 3.05) is 44.8 Å². The monoisotopic (exact) mass is 514 g/mol. The van der Waals surface area contributed by atoms with Gasteiger partial charge in [-0.15, -0.1) is 0 Å². The van der Waals surface area contributed by atoms with Gasteiger partial charge in [-0.1, -0.05) is 18.2 Å². The van der Waals surface area contributed by atoms with Crippen LogP contribution in [0.3, 0.4) is 0 Å². The van der Waals surface area contributed by atoms with Gasteiger partial charge in [0, 0.05) is 43.0 Å². The fourth-order valence-corrected chi connectivity index (χ4v) is 4.24. The first-order valence-electron chi connectivity index (χ1n) is 12.0. The number of para-hydroxylation sites is 2. The molecule has 0 bridgehead atoms. The average molecular weight is 515 g/mol. The summed E-state index contributed by atoms with van der Waals surface area (Å²) in [6, 6.07) is 17.8. The number of rotatable bonds is 8. The number of hydrogen-bond donors (Lipinski definition) is 0. The zero-order chi connectivity index (χ0) is 26.4. The van der Waals surface area contributed by atoms with Gasteiger partial charge >= 0.3 is 6.18 Å². The summed E-state index contributed by atoms with van der Waals surface area (Å²) in [7, 11) is 1.57. The average Bonchev–Trinajstić information content (AvgIpc) is 2.92. The molecule has 3 aromatic carbocycles. The molecule has 0 unspecified atom stereocenters. The SMILES string of the molecule is CCOc1ccc(C(=O)N2CCN(c3cccc(C(F)(F)F)c3)CC2)cc1COc1ccccc1OC. The first-order valence-corrected chi connectivity index (χ1v) is 12.0. The van der Waals surface area contributed by atoms with Crippen molar-refractivity contribution in [2.24, 2.45) is 0 Å². The number of anilines is 1. The molecular weight excluding hydrogens is 485 g/mol. The van der Waals surface area contributed by atoms with E-state index in [1.807, 2.05) is 24.0 Å². The number of alkyl halides is 3. The number of nitrogens with zero attached hydrogens (tertiary/aromatic N) is 2. The number of carbonyl (C=O) groups is 1. The maximum Gasteiger partial charge on any atom is 0.416 e. The predicted octanol–water partition coefficient (Wildman–Crippen LogP) is 5.65. The molecule has 0 atom stereocenters. The number of hydrogen-bond acceptors (Lipinski definition) is 5. The molecule has 1 fully saturated rings. The van der Waals surface area contributed by atoms with Crippen molar-refractivity contribution in [3.05, 3.63) is 83.4 Å². The van der Waals surface area contributed by atoms with E-state index in [1.54, 1.807) is 48.4 Å². The summed E-state index contributed by atoms with van der Waals surface area (Å²) >= 11 is 0. The van der Waals surface area contributed by atoms with Crippen molar-refractivity contribution in [3.8, 4) is 17.2 Å². The van der Waals surface area contributed by atoms with Crippen LogP contribution in [0.5, 0.6) is 17.2 Å². The highest BCUT2D eigenvalue weighted by atomic mass is 19.4. The van der Waals surface area contributed by atoms with Gasteiger partial charge in [-0.2, -0.15) is 13.2 Å². The van der Waals surface area contributed by atoms with Crippen molar-refractivity contribution in [1.82, 2.24) is 4.90 Å². The Bertz CT molecular complexity index is 1220. The van der Waals surface area contributed by atoms with E-state index in [-0.39, 0.29) is 12.5 Å². The van der Waals surface area contributed by atoms with Crippen molar-refractivity contribution in [2.45, 2.75) is 19.7 Å². The van der Waals surface area contributed by atoms with Crippen LogP contribution in [0.15, 0.2) is 66.7 Å². The summed E-state index contributed by atoms with van der Waals surface area (Å²) in [6.45, 7) is 4.20. The van der Waals surface area contributed by atoms with E-state index < -0.39 is 11.7 Å². The van der Waals surface area contributed by atoms with E-state index in [9.17, 15) is 18.0 Å². The number of carbonyl (C=O) groups excluding carboxylic acids is 1. The number of piperazine rings is 1. The van der Waals surface area contributed by atoms with E-state index in [0.717, 1.165) is 17.7 Å². The topological polar surface area (TPSA) is 51.2 Å². The van der Waals surface area contributed by atoms with Gasteiger partial charge in [0.1, 0.15) is 12.4 Å². The summed E-state index contributed by atoms with van der Waals surface area (Å²) in [6.07, 6.45) is -4.39. The molecule has 1 saturated heterocycles. The van der Waals surface area contributed by atoms with E-state index in [4.69, 9.17) is 14.2 Å². The second-order valence-electron chi connectivity index (χ2n) is 8.52. The zero-order valence-corrected chi connectivity index (χ0v) is 20.8. The highest BCUT2D eigenvalue weighted by Crippen LogP contribution is 2.32. The van der Waals surface area contributed by atoms with Gasteiger partial charge in [-0.05, 0) is 55.5 Å². The van der Waals surface area contributed by atoms with Crippen molar-refractivity contribution < 1.29 is 32.2 Å². The fraction of sp³-hybridized carbons (Fsp3) is 0.321. The number of benzene rings is 3. The van der Waals surface area contributed by atoms with Crippen LogP contribution in [-0.4, -0.2) is 50.7 Å². The Hall–Kier alpha value is -3.88. The van der Waals surface area contributed by atoms with Crippen molar-refractivity contribution in [1.29, 1.82) is 0 Å². The van der Waals surface area contributed by atoms with E-state index in [2.05, 4.69) is 0 Å². The third-order valence-electron chi connectivity index (χ3n) is 6.17. The summed E-state index contributed by atoms with van der Waals surface area (Å²) in [4.78, 5) is 16.9. The van der Waals surface area contributed by atoms with E-state index >= 15 is 0 Å². The molecule has 0 aliphatic carbocycles. The molecule has 4 rings (SSSR count). The van der Waals surface area contributed by atoms with Gasteiger partial charge in [-0.3, -0.25) is 4.79 Å². The first kappa shape index (κ1) is 26.2. The molecule has 0 radical (unpaired) electrons. The molecule has 6 nitrogen and oxygen atoms in total. The molecule has 1 aliphatic heterocycles. The zero-order valence-electron chi connectivity index (χ0n) is 20.8. The van der Waals surface area contributed by atoms with Crippen LogP contribution in [0.4, 0.5) is 18.9 Å². The Balaban J connectivity index is 1.44. The fourth-order valence-electron chi connectivity index (χ4n) is 4.24. The van der Waals surface area contributed by atoms with Crippen LogP contribution in [0.2, 0.25) is 0 Å². The van der Waals surface area contributed by atoms with Gasteiger partial charge < -0.3 is 24.0 Å². The van der Waals surface area contributed by atoms with Crippen LogP contribution >= 0.6 is 0 Å². The molecule has 1 heterocycles. The summed E-state index contributed by atoms with van der Waals surface area (Å²) < 4.78 is 56.3. The molecule has 0 spiro atoms. The predicted molar refractivity (Wildman–Crippen MR) is 134 cm³/mol. The Labute approximate surface area is 214 Å². The van der Waals surface area contributed by atoms with Gasteiger partial charge in [-0.25, -0.2) is 0 Å². The number of amides is 1. The molecule has 0 aromatic heterocycles.